The molecule has 1 amide bonds. The van der Waals surface area contributed by atoms with Gasteiger partial charge in [-0.1, -0.05) is 11.6 Å². The summed E-state index contributed by atoms with van der Waals surface area (Å²) in [6.45, 7) is 3.58. The maximum absolute atomic E-state index is 12.1. The molecule has 2 rings (SSSR count). The van der Waals surface area contributed by atoms with E-state index in [1.165, 1.54) is 0 Å². The zero-order valence-corrected chi connectivity index (χ0v) is 10.1. The molecule has 0 unspecified atom stereocenters. The highest BCUT2D eigenvalue weighted by molar-refractivity contribution is 6.30. The largest absolute Gasteiger partial charge is 0.356 e. The Hall–Kier alpha value is -1.00. The average Bonchev–Trinajstić information content (AvgIpc) is 2.57. The summed E-state index contributed by atoms with van der Waals surface area (Å²) in [7, 11) is 2.08. The lowest BCUT2D eigenvalue weighted by Crippen LogP contribution is -2.34. The molecule has 1 aliphatic rings. The third kappa shape index (κ3) is 2.57. The molecule has 1 N–H and O–H groups in total. The Morgan fingerprint density at radius 3 is 2.88 bits per heavy atom. The number of nitrogens with zero attached hydrogens (tertiary/aromatic N) is 2. The number of likely N-dealkylation sites (N-methyl/N-ethyl adjacent to an activating group) is 1. The number of H-pyrrole nitrogens is 1. The van der Waals surface area contributed by atoms with Crippen LogP contribution in [0.1, 0.15) is 16.9 Å². The fourth-order valence-corrected chi connectivity index (χ4v) is 2.08. The number of carbonyl (C=O) groups is 1. The summed E-state index contributed by atoms with van der Waals surface area (Å²) in [5.74, 6) is 0.0437. The van der Waals surface area contributed by atoms with Crippen LogP contribution in [0.25, 0.3) is 0 Å². The van der Waals surface area contributed by atoms with Gasteiger partial charge in [-0.05, 0) is 26.1 Å². The van der Waals surface area contributed by atoms with Gasteiger partial charge in [0.25, 0.3) is 5.91 Å². The SMILES string of the molecule is CN1CCCN(C(=O)c2cc(Cl)c[nH]2)CC1. The van der Waals surface area contributed by atoms with Crippen molar-refractivity contribution in [2.24, 2.45) is 0 Å². The van der Waals surface area contributed by atoms with E-state index in [-0.39, 0.29) is 5.91 Å². The summed E-state index contributed by atoms with van der Waals surface area (Å²) in [5.41, 5.74) is 0.578. The summed E-state index contributed by atoms with van der Waals surface area (Å²) < 4.78 is 0. The lowest BCUT2D eigenvalue weighted by molar-refractivity contribution is 0.0757. The van der Waals surface area contributed by atoms with Crippen LogP contribution >= 0.6 is 11.6 Å². The fraction of sp³-hybridized carbons (Fsp3) is 0.545. The van der Waals surface area contributed by atoms with Crippen LogP contribution in [-0.2, 0) is 0 Å². The van der Waals surface area contributed by atoms with E-state index in [1.807, 2.05) is 4.90 Å². The van der Waals surface area contributed by atoms with Gasteiger partial charge < -0.3 is 14.8 Å². The lowest BCUT2D eigenvalue weighted by atomic mass is 10.3. The monoisotopic (exact) mass is 241 g/mol. The van der Waals surface area contributed by atoms with Crippen LogP contribution in [0, 0.1) is 0 Å². The molecule has 1 aromatic rings. The highest BCUT2D eigenvalue weighted by Gasteiger charge is 2.19. The number of aromatic nitrogens is 1. The van der Waals surface area contributed by atoms with Crippen molar-refractivity contribution in [2.45, 2.75) is 6.42 Å². The summed E-state index contributed by atoms with van der Waals surface area (Å²) in [6.07, 6.45) is 2.66. The zero-order valence-electron chi connectivity index (χ0n) is 9.37. The van der Waals surface area contributed by atoms with Crippen LogP contribution in [0.4, 0.5) is 0 Å². The molecular weight excluding hydrogens is 226 g/mol. The van der Waals surface area contributed by atoms with E-state index in [1.54, 1.807) is 12.3 Å². The van der Waals surface area contributed by atoms with E-state index >= 15 is 0 Å². The maximum Gasteiger partial charge on any atom is 0.270 e. The van der Waals surface area contributed by atoms with Gasteiger partial charge in [0, 0.05) is 25.8 Å². The fourth-order valence-electron chi connectivity index (χ4n) is 1.91. The van der Waals surface area contributed by atoms with Crippen molar-refractivity contribution in [1.29, 1.82) is 0 Å². The molecule has 0 atom stereocenters. The quantitative estimate of drug-likeness (QED) is 0.808. The second-order valence-electron chi connectivity index (χ2n) is 4.18. The topological polar surface area (TPSA) is 39.3 Å². The molecule has 4 nitrogen and oxygen atoms in total. The van der Waals surface area contributed by atoms with Crippen LogP contribution in [0.15, 0.2) is 12.3 Å². The molecular formula is C11H16ClN3O. The van der Waals surface area contributed by atoms with Crippen molar-refractivity contribution in [1.82, 2.24) is 14.8 Å². The number of halogens is 1. The number of carbonyl (C=O) groups excluding carboxylic acids is 1. The van der Waals surface area contributed by atoms with Gasteiger partial charge in [0.2, 0.25) is 0 Å². The first-order valence-electron chi connectivity index (χ1n) is 5.48. The first-order valence-corrected chi connectivity index (χ1v) is 5.86. The van der Waals surface area contributed by atoms with E-state index in [0.29, 0.717) is 10.7 Å². The molecule has 88 valence electrons. The Kier molecular flexibility index (Phi) is 3.51. The zero-order chi connectivity index (χ0) is 11.5. The third-order valence-electron chi connectivity index (χ3n) is 2.88. The van der Waals surface area contributed by atoms with Crippen molar-refractivity contribution >= 4 is 17.5 Å². The number of hydrogen-bond acceptors (Lipinski definition) is 2. The van der Waals surface area contributed by atoms with E-state index in [4.69, 9.17) is 11.6 Å². The molecule has 16 heavy (non-hydrogen) atoms. The molecule has 1 fully saturated rings. The van der Waals surface area contributed by atoms with Gasteiger partial charge in [0.05, 0.1) is 5.02 Å². The molecule has 0 aliphatic carbocycles. The number of aromatic amines is 1. The smallest absolute Gasteiger partial charge is 0.270 e. The number of hydrogen-bond donors (Lipinski definition) is 1. The number of nitrogens with one attached hydrogen (secondary N) is 1. The van der Waals surface area contributed by atoms with Crippen molar-refractivity contribution in [3.05, 3.63) is 23.0 Å². The Labute approximate surface area is 100 Å². The Bertz CT molecular complexity index is 377. The Morgan fingerprint density at radius 1 is 1.38 bits per heavy atom. The minimum absolute atomic E-state index is 0.0437. The summed E-state index contributed by atoms with van der Waals surface area (Å²) >= 11 is 5.79. The highest BCUT2D eigenvalue weighted by atomic mass is 35.5. The van der Waals surface area contributed by atoms with Crippen molar-refractivity contribution < 1.29 is 4.79 Å². The van der Waals surface area contributed by atoms with Crippen molar-refractivity contribution in [2.75, 3.05) is 33.2 Å². The average molecular weight is 242 g/mol. The van der Waals surface area contributed by atoms with Gasteiger partial charge >= 0.3 is 0 Å². The van der Waals surface area contributed by atoms with Gasteiger partial charge in [-0.3, -0.25) is 4.79 Å². The standard InChI is InChI=1S/C11H16ClN3O/c1-14-3-2-4-15(6-5-14)11(16)10-7-9(12)8-13-10/h7-8,13H,2-6H2,1H3. The normalized spacial score (nSPS) is 18.5. The molecule has 0 radical (unpaired) electrons. The molecule has 1 saturated heterocycles. The predicted molar refractivity (Wildman–Crippen MR) is 63.8 cm³/mol. The van der Waals surface area contributed by atoms with Gasteiger partial charge in [-0.2, -0.15) is 0 Å². The summed E-state index contributed by atoms with van der Waals surface area (Å²) in [6, 6.07) is 1.68. The van der Waals surface area contributed by atoms with Crippen LogP contribution in [0.3, 0.4) is 0 Å². The molecule has 2 heterocycles. The van der Waals surface area contributed by atoms with E-state index in [9.17, 15) is 4.79 Å². The number of amides is 1. The van der Waals surface area contributed by atoms with Crippen LogP contribution in [-0.4, -0.2) is 53.9 Å². The summed E-state index contributed by atoms with van der Waals surface area (Å²) in [5, 5.41) is 0.579. The van der Waals surface area contributed by atoms with Gasteiger partial charge in [-0.25, -0.2) is 0 Å². The van der Waals surface area contributed by atoms with E-state index in [0.717, 1.165) is 32.6 Å². The lowest BCUT2D eigenvalue weighted by Gasteiger charge is -2.19. The third-order valence-corrected chi connectivity index (χ3v) is 3.10. The molecule has 1 aliphatic heterocycles. The highest BCUT2D eigenvalue weighted by Crippen LogP contribution is 2.12. The predicted octanol–water partition coefficient (Wildman–Crippen LogP) is 1.45. The molecule has 0 saturated carbocycles. The van der Waals surface area contributed by atoms with Crippen LogP contribution in [0.5, 0.6) is 0 Å². The minimum atomic E-state index is 0.0437. The maximum atomic E-state index is 12.1. The second kappa shape index (κ2) is 4.89. The van der Waals surface area contributed by atoms with Crippen molar-refractivity contribution in [3.63, 3.8) is 0 Å². The molecule has 0 spiro atoms. The second-order valence-corrected chi connectivity index (χ2v) is 4.62. The van der Waals surface area contributed by atoms with Gasteiger partial charge in [0.15, 0.2) is 0 Å². The summed E-state index contributed by atoms with van der Waals surface area (Å²) in [4.78, 5) is 19.1. The Morgan fingerprint density at radius 2 is 2.19 bits per heavy atom. The number of rotatable bonds is 1. The molecule has 1 aromatic heterocycles. The van der Waals surface area contributed by atoms with Crippen LogP contribution in [0.2, 0.25) is 5.02 Å². The minimum Gasteiger partial charge on any atom is -0.356 e. The first kappa shape index (κ1) is 11.5. The van der Waals surface area contributed by atoms with E-state index in [2.05, 4.69) is 16.9 Å². The van der Waals surface area contributed by atoms with Gasteiger partial charge in [0.1, 0.15) is 5.69 Å². The molecule has 0 aromatic carbocycles. The molecule has 5 heteroatoms. The first-order chi connectivity index (χ1) is 7.66. The van der Waals surface area contributed by atoms with E-state index < -0.39 is 0 Å². The van der Waals surface area contributed by atoms with Crippen LogP contribution < -0.4 is 0 Å². The Balaban J connectivity index is 2.04. The van der Waals surface area contributed by atoms with Gasteiger partial charge in [-0.15, -0.1) is 0 Å². The van der Waals surface area contributed by atoms with Crippen molar-refractivity contribution in [3.8, 4) is 0 Å². The molecule has 0 bridgehead atoms.